The van der Waals surface area contributed by atoms with Crippen LogP contribution in [-0.4, -0.2) is 102 Å². The Kier molecular flexibility index (Phi) is 13.0. The van der Waals surface area contributed by atoms with E-state index in [1.165, 1.54) is 4.90 Å². The third-order valence-electron chi connectivity index (χ3n) is 8.65. The lowest BCUT2D eigenvalue weighted by molar-refractivity contribution is -0.173. The van der Waals surface area contributed by atoms with Crippen molar-refractivity contribution in [2.45, 2.75) is 95.2 Å². The van der Waals surface area contributed by atoms with Crippen LogP contribution in [0.1, 0.15) is 57.6 Å². The Morgan fingerprint density at radius 1 is 0.800 bits per heavy atom. The third-order valence-corrected chi connectivity index (χ3v) is 8.65. The normalized spacial score (nSPS) is 18.2. The first-order chi connectivity index (χ1) is 23.6. The molecule has 0 spiro atoms. The second kappa shape index (κ2) is 17.0. The van der Waals surface area contributed by atoms with Gasteiger partial charge in [-0.15, -0.1) is 0 Å². The Labute approximate surface area is 290 Å². The molecule has 0 aliphatic carbocycles. The highest BCUT2D eigenvalue weighted by atomic mass is 19.4. The Bertz CT molecular complexity index is 1480. The molecular weight excluding hydrogens is 655 g/mol. The number of halogens is 3. The number of nitrogens with one attached hydrogen (secondary N) is 3. The Morgan fingerprint density at radius 3 is 1.90 bits per heavy atom. The topological polar surface area (TPSA) is 137 Å². The number of rotatable bonds is 12. The lowest BCUT2D eigenvalue weighted by Gasteiger charge is -2.34. The molecule has 2 aromatic carbocycles. The molecule has 0 radical (unpaired) electrons. The molecule has 4 rings (SSSR count). The molecule has 2 fully saturated rings. The van der Waals surface area contributed by atoms with Gasteiger partial charge in [-0.1, -0.05) is 60.7 Å². The summed E-state index contributed by atoms with van der Waals surface area (Å²) >= 11 is 0. The molecule has 2 heterocycles. The number of ether oxygens (including phenoxy) is 1. The van der Waals surface area contributed by atoms with Gasteiger partial charge in [-0.25, -0.2) is 4.79 Å². The fourth-order valence-corrected chi connectivity index (χ4v) is 6.21. The molecule has 2 saturated heterocycles. The van der Waals surface area contributed by atoms with Gasteiger partial charge in [0.15, 0.2) is 0 Å². The van der Waals surface area contributed by atoms with Crippen molar-refractivity contribution in [1.29, 1.82) is 0 Å². The maximum atomic E-state index is 14.1. The molecule has 2 aliphatic heterocycles. The molecule has 4 amide bonds. The van der Waals surface area contributed by atoms with Gasteiger partial charge in [0.05, 0.1) is 6.54 Å². The average Bonchev–Trinajstić information content (AvgIpc) is 3.56. The fraction of sp³-hybridized carbons (Fsp3) is 0.528. The van der Waals surface area contributed by atoms with E-state index in [-0.39, 0.29) is 44.4 Å². The van der Waals surface area contributed by atoms with Crippen LogP contribution >= 0.6 is 0 Å². The third kappa shape index (κ3) is 11.3. The van der Waals surface area contributed by atoms with Crippen LogP contribution in [0.25, 0.3) is 0 Å². The van der Waals surface area contributed by atoms with Crippen molar-refractivity contribution in [1.82, 2.24) is 25.8 Å². The molecule has 3 atom stereocenters. The predicted molar refractivity (Wildman–Crippen MR) is 179 cm³/mol. The van der Waals surface area contributed by atoms with E-state index < -0.39 is 53.5 Å². The van der Waals surface area contributed by atoms with Gasteiger partial charge in [0, 0.05) is 38.5 Å². The Balaban J connectivity index is 1.42. The first-order valence-corrected chi connectivity index (χ1v) is 16.9. The summed E-state index contributed by atoms with van der Waals surface area (Å²) in [7, 11) is 0. The van der Waals surface area contributed by atoms with E-state index >= 15 is 0 Å². The highest BCUT2D eigenvalue weighted by molar-refractivity contribution is 5.96. The van der Waals surface area contributed by atoms with Crippen molar-refractivity contribution in [2.75, 3.05) is 26.2 Å². The number of Topliss-reactive ketones (excluding diaryl/α,β-unsaturated/α-hetero) is 1. The van der Waals surface area contributed by atoms with E-state index in [1.54, 1.807) is 80.3 Å². The average molecular weight is 702 g/mol. The van der Waals surface area contributed by atoms with Crippen LogP contribution in [0.15, 0.2) is 60.7 Å². The van der Waals surface area contributed by atoms with Crippen molar-refractivity contribution < 1.29 is 41.9 Å². The van der Waals surface area contributed by atoms with Crippen LogP contribution < -0.4 is 16.0 Å². The van der Waals surface area contributed by atoms with Crippen molar-refractivity contribution in [3.05, 3.63) is 71.8 Å². The summed E-state index contributed by atoms with van der Waals surface area (Å²) < 4.78 is 45.9. The number of ketones is 1. The maximum absolute atomic E-state index is 14.1. The summed E-state index contributed by atoms with van der Waals surface area (Å²) in [5.41, 5.74) is 0.599. The molecule has 0 saturated carbocycles. The van der Waals surface area contributed by atoms with Crippen LogP contribution in [0, 0.1) is 0 Å². The van der Waals surface area contributed by atoms with Gasteiger partial charge in [0.2, 0.25) is 11.8 Å². The van der Waals surface area contributed by atoms with Gasteiger partial charge in [0.25, 0.3) is 5.78 Å². The van der Waals surface area contributed by atoms with E-state index in [0.717, 1.165) is 5.56 Å². The lowest BCUT2D eigenvalue weighted by Crippen LogP contribution is -2.58. The van der Waals surface area contributed by atoms with Crippen LogP contribution in [0.2, 0.25) is 0 Å². The number of alkyl halides is 3. The van der Waals surface area contributed by atoms with Gasteiger partial charge >= 0.3 is 18.2 Å². The summed E-state index contributed by atoms with van der Waals surface area (Å²) in [6, 6.07) is 12.5. The first-order valence-electron chi connectivity index (χ1n) is 16.9. The summed E-state index contributed by atoms with van der Waals surface area (Å²) in [6.45, 7) is 6.32. The van der Waals surface area contributed by atoms with E-state index in [0.29, 0.717) is 37.9 Å². The molecule has 2 aliphatic rings. The zero-order valence-corrected chi connectivity index (χ0v) is 28.6. The molecule has 3 N–H and O–H groups in total. The summed E-state index contributed by atoms with van der Waals surface area (Å²) in [4.78, 5) is 68.4. The molecular formula is C36H46F3N5O6. The number of carbonyl (C=O) groups excluding carboxylic acids is 5. The fourth-order valence-electron chi connectivity index (χ4n) is 6.21. The molecule has 2 aromatic rings. The van der Waals surface area contributed by atoms with Crippen LogP contribution in [0.3, 0.4) is 0 Å². The maximum Gasteiger partial charge on any atom is 0.452 e. The summed E-state index contributed by atoms with van der Waals surface area (Å²) in [5, 5.41) is 8.29. The number of amides is 4. The second-order valence-corrected chi connectivity index (χ2v) is 13.7. The summed E-state index contributed by atoms with van der Waals surface area (Å²) in [5.74, 6) is -3.85. The van der Waals surface area contributed by atoms with Crippen molar-refractivity contribution in [3.8, 4) is 0 Å². The minimum atomic E-state index is -5.18. The van der Waals surface area contributed by atoms with Crippen LogP contribution in [-0.2, 0) is 36.8 Å². The van der Waals surface area contributed by atoms with E-state index in [4.69, 9.17) is 4.74 Å². The van der Waals surface area contributed by atoms with Gasteiger partial charge in [0.1, 0.15) is 23.7 Å². The van der Waals surface area contributed by atoms with E-state index in [2.05, 4.69) is 16.0 Å². The second-order valence-electron chi connectivity index (χ2n) is 13.7. The number of piperidine rings is 1. The number of esters is 1. The van der Waals surface area contributed by atoms with Crippen LogP contribution in [0.4, 0.5) is 18.0 Å². The van der Waals surface area contributed by atoms with Gasteiger partial charge in [-0.3, -0.25) is 19.2 Å². The predicted octanol–water partition coefficient (Wildman–Crippen LogP) is 3.55. The number of nitrogens with zero attached hydrogens (tertiary/aromatic N) is 2. The molecule has 14 heteroatoms. The Hall–Kier alpha value is -4.46. The highest BCUT2D eigenvalue weighted by Crippen LogP contribution is 2.23. The molecule has 50 heavy (non-hydrogen) atoms. The largest absolute Gasteiger partial charge is 0.459 e. The number of likely N-dealkylation sites (tertiary alicyclic amines) is 2. The number of benzene rings is 2. The van der Waals surface area contributed by atoms with E-state index in [1.807, 2.05) is 6.07 Å². The van der Waals surface area contributed by atoms with Crippen molar-refractivity contribution in [2.24, 2.45) is 0 Å². The molecule has 0 aromatic heterocycles. The highest BCUT2D eigenvalue weighted by Gasteiger charge is 2.46. The molecule has 0 unspecified atom stereocenters. The zero-order chi connectivity index (χ0) is 36.5. The number of hydrogen-bond acceptors (Lipinski definition) is 7. The minimum Gasteiger partial charge on any atom is -0.459 e. The van der Waals surface area contributed by atoms with E-state index in [9.17, 15) is 37.1 Å². The van der Waals surface area contributed by atoms with Crippen molar-refractivity contribution >= 4 is 29.6 Å². The van der Waals surface area contributed by atoms with Crippen LogP contribution in [0.5, 0.6) is 0 Å². The van der Waals surface area contributed by atoms with Gasteiger partial charge in [-0.2, -0.15) is 13.2 Å². The van der Waals surface area contributed by atoms with Crippen molar-refractivity contribution in [3.63, 3.8) is 0 Å². The number of urea groups is 1. The molecule has 272 valence electrons. The first kappa shape index (κ1) is 38.3. The standard InChI is InChI=1S/C36H46F3N5O6/c1-35(2,3)50-30(45)23-40-26-16-19-43(20-17-26)34(49)42-28(22-25-13-8-5-9-14-25)33(48)44-18-10-15-29(44)32(47)41-27(31(46)36(37,38)39)21-24-11-6-4-7-12-24/h4-9,11-14,26-29,40H,10,15-23H2,1-3H3,(H,41,47)(H,42,49)/t27-,28+,29+/m1/s1. The SMILES string of the molecule is CC(C)(C)OC(=O)CNC1CCN(C(=O)N[C@@H](Cc2ccccc2)C(=O)N2CCC[C@H]2C(=O)N[C@H](Cc2ccccc2)C(=O)C(F)(F)F)CC1. The lowest BCUT2D eigenvalue weighted by atomic mass is 10.0. The number of carbonyl (C=O) groups is 5. The quantitative estimate of drug-likeness (QED) is 0.288. The van der Waals surface area contributed by atoms with Gasteiger partial charge < -0.3 is 30.5 Å². The Morgan fingerprint density at radius 2 is 1.36 bits per heavy atom. The zero-order valence-electron chi connectivity index (χ0n) is 28.6. The monoisotopic (exact) mass is 701 g/mol. The minimum absolute atomic E-state index is 0.00729. The summed E-state index contributed by atoms with van der Waals surface area (Å²) in [6.07, 6.45) is -3.68. The smallest absolute Gasteiger partial charge is 0.452 e. The molecule has 11 nitrogen and oxygen atoms in total. The van der Waals surface area contributed by atoms with Gasteiger partial charge in [-0.05, 0) is 57.6 Å². The number of hydrogen-bond donors (Lipinski definition) is 3. The molecule has 0 bridgehead atoms.